The molecule has 4 rings (SSSR count). The van der Waals surface area contributed by atoms with Crippen LogP contribution in [-0.4, -0.2) is 69.6 Å². The maximum absolute atomic E-state index is 5.52. The van der Waals surface area contributed by atoms with Crippen LogP contribution in [0.2, 0.25) is 0 Å². The summed E-state index contributed by atoms with van der Waals surface area (Å²) in [5.74, 6) is 2.17. The van der Waals surface area contributed by atoms with Gasteiger partial charge in [0.25, 0.3) is 0 Å². The Bertz CT molecular complexity index is 864. The van der Waals surface area contributed by atoms with Crippen molar-refractivity contribution in [1.29, 1.82) is 0 Å². The molecule has 0 saturated carbocycles. The summed E-state index contributed by atoms with van der Waals surface area (Å²) in [6.07, 6.45) is 6.44. The van der Waals surface area contributed by atoms with Crippen LogP contribution in [0.15, 0.2) is 49.3 Å². The minimum atomic E-state index is 0.187. The van der Waals surface area contributed by atoms with E-state index in [1.807, 2.05) is 12.1 Å². The Balaban J connectivity index is 1.51. The topological polar surface area (TPSA) is 90.2 Å². The number of benzene rings is 1. The molecule has 9 heteroatoms. The van der Waals surface area contributed by atoms with Gasteiger partial charge in [-0.05, 0) is 17.7 Å². The second-order valence-electron chi connectivity index (χ2n) is 6.42. The predicted octanol–water partition coefficient (Wildman–Crippen LogP) is 1.55. The normalized spacial score (nSPS) is 15.9. The number of hydrogen-bond acceptors (Lipinski definition) is 8. The van der Waals surface area contributed by atoms with Gasteiger partial charge in [0.15, 0.2) is 5.82 Å². The van der Waals surface area contributed by atoms with E-state index in [2.05, 4.69) is 42.4 Å². The summed E-state index contributed by atoms with van der Waals surface area (Å²) >= 11 is 0. The third kappa shape index (κ3) is 4.26. The molecule has 1 N–H and O–H groups in total. The molecule has 146 valence electrons. The average molecular weight is 381 g/mol. The smallest absolute Gasteiger partial charge is 0.175 e. The molecule has 0 amide bonds. The number of rotatable bonds is 7. The maximum Gasteiger partial charge on any atom is 0.175 e. The van der Waals surface area contributed by atoms with E-state index in [0.717, 1.165) is 32.1 Å². The highest BCUT2D eigenvalue weighted by atomic mass is 16.5. The third-order valence-electron chi connectivity index (χ3n) is 4.74. The van der Waals surface area contributed by atoms with Crippen LogP contribution in [0.5, 0.6) is 5.75 Å². The van der Waals surface area contributed by atoms with E-state index in [1.165, 1.54) is 11.9 Å². The van der Waals surface area contributed by atoms with E-state index in [4.69, 9.17) is 9.47 Å². The first-order valence-corrected chi connectivity index (χ1v) is 9.20. The molecule has 0 spiro atoms. The highest BCUT2D eigenvalue weighted by Gasteiger charge is 2.23. The summed E-state index contributed by atoms with van der Waals surface area (Å²) in [5, 5.41) is 7.52. The average Bonchev–Trinajstić information content (AvgIpc) is 3.30. The molecular formula is C19H23N7O2. The fourth-order valence-corrected chi connectivity index (χ4v) is 3.25. The zero-order chi connectivity index (χ0) is 19.2. The Kier molecular flexibility index (Phi) is 5.74. The van der Waals surface area contributed by atoms with Crippen LogP contribution in [0.25, 0.3) is 5.82 Å². The molecule has 28 heavy (non-hydrogen) atoms. The van der Waals surface area contributed by atoms with Gasteiger partial charge in [-0.2, -0.15) is 5.10 Å². The number of nitrogens with one attached hydrogen (secondary N) is 1. The van der Waals surface area contributed by atoms with E-state index >= 15 is 0 Å². The van der Waals surface area contributed by atoms with Crippen LogP contribution in [-0.2, 0) is 4.74 Å². The highest BCUT2D eigenvalue weighted by Crippen LogP contribution is 2.24. The fraction of sp³-hybridized carbons (Fsp3) is 0.368. The van der Waals surface area contributed by atoms with Crippen molar-refractivity contribution in [1.82, 2.24) is 29.6 Å². The molecule has 1 saturated heterocycles. The Labute approximate surface area is 163 Å². The lowest BCUT2D eigenvalue weighted by Crippen LogP contribution is -2.41. The molecule has 1 aliphatic heterocycles. The first-order chi connectivity index (χ1) is 13.8. The Morgan fingerprint density at radius 2 is 1.96 bits per heavy atom. The van der Waals surface area contributed by atoms with Gasteiger partial charge in [0.2, 0.25) is 0 Å². The molecule has 1 fully saturated rings. The van der Waals surface area contributed by atoms with Crippen molar-refractivity contribution >= 4 is 5.82 Å². The van der Waals surface area contributed by atoms with E-state index in [1.54, 1.807) is 30.5 Å². The minimum Gasteiger partial charge on any atom is -0.497 e. The van der Waals surface area contributed by atoms with Gasteiger partial charge in [-0.25, -0.2) is 14.6 Å². The van der Waals surface area contributed by atoms with Gasteiger partial charge in [0, 0.05) is 19.6 Å². The standard InChI is InChI=1S/C19H23N7O2/c1-27-16-4-2-15(3-5-16)17(25-6-8-28-9-7-25)10-22-18-11-20-12-19(24-18)26-14-21-13-23-26/h2-5,11-14,17H,6-10H2,1H3,(H,22,24)/t17-/m1/s1. The molecule has 0 bridgehead atoms. The lowest BCUT2D eigenvalue weighted by atomic mass is 10.0. The molecule has 0 unspecified atom stereocenters. The summed E-state index contributed by atoms with van der Waals surface area (Å²) in [5.41, 5.74) is 1.22. The minimum absolute atomic E-state index is 0.187. The monoisotopic (exact) mass is 381 g/mol. The third-order valence-corrected chi connectivity index (χ3v) is 4.74. The van der Waals surface area contributed by atoms with E-state index in [-0.39, 0.29) is 6.04 Å². The van der Waals surface area contributed by atoms with E-state index in [9.17, 15) is 0 Å². The predicted molar refractivity (Wildman–Crippen MR) is 104 cm³/mol. The molecule has 3 heterocycles. The van der Waals surface area contributed by atoms with Crippen molar-refractivity contribution in [3.05, 3.63) is 54.9 Å². The first-order valence-electron chi connectivity index (χ1n) is 9.20. The maximum atomic E-state index is 5.52. The molecule has 0 aliphatic carbocycles. The van der Waals surface area contributed by atoms with E-state index < -0.39 is 0 Å². The number of methoxy groups -OCH3 is 1. The zero-order valence-corrected chi connectivity index (χ0v) is 15.7. The van der Waals surface area contributed by atoms with Gasteiger partial charge >= 0.3 is 0 Å². The number of anilines is 1. The molecule has 0 radical (unpaired) electrons. The molecule has 1 atom stereocenters. The summed E-state index contributed by atoms with van der Waals surface area (Å²) < 4.78 is 12.4. The van der Waals surface area contributed by atoms with Gasteiger partial charge < -0.3 is 14.8 Å². The van der Waals surface area contributed by atoms with Crippen molar-refractivity contribution < 1.29 is 9.47 Å². The van der Waals surface area contributed by atoms with Gasteiger partial charge in [-0.15, -0.1) is 0 Å². The molecule has 3 aromatic rings. The van der Waals surface area contributed by atoms with Crippen LogP contribution < -0.4 is 10.1 Å². The quantitative estimate of drug-likeness (QED) is 0.659. The summed E-state index contributed by atoms with van der Waals surface area (Å²) in [6, 6.07) is 8.39. The van der Waals surface area contributed by atoms with Crippen molar-refractivity contribution in [2.24, 2.45) is 0 Å². The second kappa shape index (κ2) is 8.77. The van der Waals surface area contributed by atoms with Crippen molar-refractivity contribution in [3.8, 4) is 11.6 Å². The summed E-state index contributed by atoms with van der Waals surface area (Å²) in [6.45, 7) is 3.97. The van der Waals surface area contributed by atoms with Crippen molar-refractivity contribution in [3.63, 3.8) is 0 Å². The molecule has 1 aromatic carbocycles. The van der Waals surface area contributed by atoms with Gasteiger partial charge in [-0.3, -0.25) is 9.88 Å². The number of ether oxygens (including phenoxy) is 2. The number of hydrogen-bond donors (Lipinski definition) is 1. The van der Waals surface area contributed by atoms with Crippen LogP contribution in [0, 0.1) is 0 Å². The largest absolute Gasteiger partial charge is 0.497 e. The van der Waals surface area contributed by atoms with Crippen molar-refractivity contribution in [2.75, 3.05) is 45.3 Å². The fourth-order valence-electron chi connectivity index (χ4n) is 3.25. The van der Waals surface area contributed by atoms with Crippen LogP contribution in [0.1, 0.15) is 11.6 Å². The number of morpholine rings is 1. The van der Waals surface area contributed by atoms with Crippen LogP contribution in [0.4, 0.5) is 5.82 Å². The van der Waals surface area contributed by atoms with Crippen molar-refractivity contribution in [2.45, 2.75) is 6.04 Å². The van der Waals surface area contributed by atoms with E-state index in [0.29, 0.717) is 18.2 Å². The van der Waals surface area contributed by atoms with Gasteiger partial charge in [-0.1, -0.05) is 12.1 Å². The molecule has 2 aromatic heterocycles. The molecular weight excluding hydrogens is 358 g/mol. The second-order valence-corrected chi connectivity index (χ2v) is 6.42. The van der Waals surface area contributed by atoms with Gasteiger partial charge in [0.05, 0.1) is 38.8 Å². The van der Waals surface area contributed by atoms with Crippen LogP contribution in [0.3, 0.4) is 0 Å². The lowest BCUT2D eigenvalue weighted by molar-refractivity contribution is 0.0187. The summed E-state index contributed by atoms with van der Waals surface area (Å²) in [7, 11) is 1.68. The SMILES string of the molecule is COc1ccc([C@@H](CNc2cncc(-n3cncn3)n2)N2CCOCC2)cc1. The molecule has 9 nitrogen and oxygen atoms in total. The lowest BCUT2D eigenvalue weighted by Gasteiger charge is -2.35. The highest BCUT2D eigenvalue weighted by molar-refractivity contribution is 5.37. The number of nitrogens with zero attached hydrogens (tertiary/aromatic N) is 6. The van der Waals surface area contributed by atoms with Crippen LogP contribution >= 0.6 is 0 Å². The summed E-state index contributed by atoms with van der Waals surface area (Å²) in [4.78, 5) is 15.2. The Morgan fingerprint density at radius 3 is 2.68 bits per heavy atom. The number of aromatic nitrogens is 5. The Hall–Kier alpha value is -3.04. The molecule has 1 aliphatic rings. The Morgan fingerprint density at radius 1 is 1.14 bits per heavy atom. The van der Waals surface area contributed by atoms with Gasteiger partial charge in [0.1, 0.15) is 24.2 Å². The zero-order valence-electron chi connectivity index (χ0n) is 15.7. The first kappa shape index (κ1) is 18.3.